The third kappa shape index (κ3) is 3.44. The molecule has 0 aromatic heterocycles. The number of halogens is 1. The smallest absolute Gasteiger partial charge is 0.258 e. The molecule has 1 aliphatic carbocycles. The summed E-state index contributed by atoms with van der Waals surface area (Å²) in [7, 11) is 0. The first-order valence-electron chi connectivity index (χ1n) is 8.19. The highest BCUT2D eigenvalue weighted by atomic mass is 19.1. The SMILES string of the molecule is O=C(NC1CCCCC1)[C@H]1C=CCN1C(=O)c1ccccc1F. The maximum absolute atomic E-state index is 13.8. The van der Waals surface area contributed by atoms with Gasteiger partial charge in [0.1, 0.15) is 11.9 Å². The van der Waals surface area contributed by atoms with E-state index in [1.54, 1.807) is 24.3 Å². The Labute approximate surface area is 135 Å². The van der Waals surface area contributed by atoms with Crippen molar-refractivity contribution in [1.82, 2.24) is 10.2 Å². The lowest BCUT2D eigenvalue weighted by molar-refractivity contribution is -0.124. The van der Waals surface area contributed by atoms with Crippen LogP contribution in [0.5, 0.6) is 0 Å². The van der Waals surface area contributed by atoms with E-state index in [4.69, 9.17) is 0 Å². The fraction of sp³-hybridized carbons (Fsp3) is 0.444. The number of rotatable bonds is 3. The van der Waals surface area contributed by atoms with Crippen LogP contribution in [-0.2, 0) is 4.79 Å². The molecule has 1 aliphatic heterocycles. The van der Waals surface area contributed by atoms with Crippen LogP contribution in [0.3, 0.4) is 0 Å². The van der Waals surface area contributed by atoms with E-state index >= 15 is 0 Å². The van der Waals surface area contributed by atoms with Crippen molar-refractivity contribution >= 4 is 11.8 Å². The second-order valence-electron chi connectivity index (χ2n) is 6.15. The third-order valence-corrected chi connectivity index (χ3v) is 4.54. The zero-order valence-electron chi connectivity index (χ0n) is 13.0. The van der Waals surface area contributed by atoms with Gasteiger partial charge in [-0.3, -0.25) is 9.59 Å². The van der Waals surface area contributed by atoms with Gasteiger partial charge < -0.3 is 10.2 Å². The largest absolute Gasteiger partial charge is 0.351 e. The molecule has 0 unspecified atom stereocenters. The molecule has 3 rings (SSSR count). The number of hydrogen-bond acceptors (Lipinski definition) is 2. The molecule has 1 aromatic carbocycles. The summed E-state index contributed by atoms with van der Waals surface area (Å²) in [5.41, 5.74) is 0.00617. The van der Waals surface area contributed by atoms with Gasteiger partial charge in [0.15, 0.2) is 0 Å². The van der Waals surface area contributed by atoms with Crippen LogP contribution in [0.2, 0.25) is 0 Å². The molecule has 1 atom stereocenters. The molecule has 23 heavy (non-hydrogen) atoms. The Hall–Kier alpha value is -2.17. The summed E-state index contributed by atoms with van der Waals surface area (Å²) in [4.78, 5) is 26.4. The lowest BCUT2D eigenvalue weighted by Gasteiger charge is -2.28. The summed E-state index contributed by atoms with van der Waals surface area (Å²) < 4.78 is 13.8. The normalized spacial score (nSPS) is 21.4. The van der Waals surface area contributed by atoms with Gasteiger partial charge in [-0.15, -0.1) is 0 Å². The van der Waals surface area contributed by atoms with E-state index in [9.17, 15) is 14.0 Å². The maximum Gasteiger partial charge on any atom is 0.258 e. The third-order valence-electron chi connectivity index (χ3n) is 4.54. The van der Waals surface area contributed by atoms with Crippen LogP contribution in [0, 0.1) is 5.82 Å². The monoisotopic (exact) mass is 316 g/mol. The van der Waals surface area contributed by atoms with Gasteiger partial charge in [0, 0.05) is 12.6 Å². The Morgan fingerprint density at radius 1 is 1.13 bits per heavy atom. The van der Waals surface area contributed by atoms with Gasteiger partial charge in [0.05, 0.1) is 5.56 Å². The predicted octanol–water partition coefficient (Wildman–Crippen LogP) is 2.66. The predicted molar refractivity (Wildman–Crippen MR) is 85.4 cm³/mol. The van der Waals surface area contributed by atoms with Gasteiger partial charge in [-0.2, -0.15) is 0 Å². The molecule has 2 amide bonds. The maximum atomic E-state index is 13.8. The van der Waals surface area contributed by atoms with Crippen LogP contribution in [0.25, 0.3) is 0 Å². The fourth-order valence-corrected chi connectivity index (χ4v) is 3.28. The highest BCUT2D eigenvalue weighted by molar-refractivity contribution is 5.99. The molecular weight excluding hydrogens is 295 g/mol. The number of carbonyl (C=O) groups is 2. The Balaban J connectivity index is 1.69. The molecule has 122 valence electrons. The summed E-state index contributed by atoms with van der Waals surface area (Å²) in [6, 6.07) is 5.41. The summed E-state index contributed by atoms with van der Waals surface area (Å²) in [5, 5.41) is 3.03. The number of nitrogens with zero attached hydrogens (tertiary/aromatic N) is 1. The average Bonchev–Trinajstić information content (AvgIpc) is 3.05. The summed E-state index contributed by atoms with van der Waals surface area (Å²) in [6.07, 6.45) is 8.95. The molecule has 4 nitrogen and oxygen atoms in total. The van der Waals surface area contributed by atoms with Crippen LogP contribution in [0.15, 0.2) is 36.4 Å². The highest BCUT2D eigenvalue weighted by Crippen LogP contribution is 2.20. The standard InChI is InChI=1S/C18H21FN2O2/c19-15-10-5-4-9-14(15)18(23)21-12-6-11-16(21)17(22)20-13-7-2-1-3-8-13/h4-6,9-11,13,16H,1-3,7-8,12H2,(H,20,22)/t16-/m1/s1. The van der Waals surface area contributed by atoms with E-state index in [0.29, 0.717) is 6.54 Å². The molecule has 0 radical (unpaired) electrons. The van der Waals surface area contributed by atoms with Crippen LogP contribution in [0.4, 0.5) is 4.39 Å². The molecular formula is C18H21FN2O2. The van der Waals surface area contributed by atoms with Crippen molar-refractivity contribution in [2.24, 2.45) is 0 Å². The van der Waals surface area contributed by atoms with Gasteiger partial charge in [0.25, 0.3) is 5.91 Å². The highest BCUT2D eigenvalue weighted by Gasteiger charge is 2.33. The van der Waals surface area contributed by atoms with Gasteiger partial charge in [-0.25, -0.2) is 4.39 Å². The first-order valence-corrected chi connectivity index (χ1v) is 8.19. The molecule has 0 saturated heterocycles. The lowest BCUT2D eigenvalue weighted by atomic mass is 9.95. The minimum absolute atomic E-state index is 0.00617. The van der Waals surface area contributed by atoms with E-state index in [-0.39, 0.29) is 17.5 Å². The average molecular weight is 316 g/mol. The molecule has 1 fully saturated rings. The summed E-state index contributed by atoms with van der Waals surface area (Å²) in [5.74, 6) is -1.18. The topological polar surface area (TPSA) is 49.4 Å². The minimum atomic E-state index is -0.649. The number of hydrogen-bond donors (Lipinski definition) is 1. The molecule has 1 heterocycles. The zero-order valence-corrected chi connectivity index (χ0v) is 13.0. The minimum Gasteiger partial charge on any atom is -0.351 e. The van der Waals surface area contributed by atoms with Crippen molar-refractivity contribution in [3.05, 3.63) is 47.8 Å². The van der Waals surface area contributed by atoms with Gasteiger partial charge >= 0.3 is 0 Å². The first kappa shape index (κ1) is 15.7. The van der Waals surface area contributed by atoms with Crippen LogP contribution < -0.4 is 5.32 Å². The molecule has 1 aromatic rings. The lowest BCUT2D eigenvalue weighted by Crippen LogP contribution is -2.49. The molecule has 0 bridgehead atoms. The van der Waals surface area contributed by atoms with Crippen molar-refractivity contribution in [3.63, 3.8) is 0 Å². The van der Waals surface area contributed by atoms with Gasteiger partial charge in [-0.05, 0) is 25.0 Å². The summed E-state index contributed by atoms with van der Waals surface area (Å²) in [6.45, 7) is 0.329. The number of amides is 2. The van der Waals surface area contributed by atoms with E-state index in [1.165, 1.54) is 23.5 Å². The van der Waals surface area contributed by atoms with Gasteiger partial charge in [0.2, 0.25) is 5.91 Å². The van der Waals surface area contributed by atoms with Crippen molar-refractivity contribution in [1.29, 1.82) is 0 Å². The Morgan fingerprint density at radius 2 is 1.87 bits per heavy atom. The Kier molecular flexibility index (Phi) is 4.74. The Bertz CT molecular complexity index is 623. The van der Waals surface area contributed by atoms with Crippen LogP contribution in [0.1, 0.15) is 42.5 Å². The van der Waals surface area contributed by atoms with E-state index in [2.05, 4.69) is 5.32 Å². The molecule has 1 N–H and O–H groups in total. The quantitative estimate of drug-likeness (QED) is 0.872. The molecule has 5 heteroatoms. The van der Waals surface area contributed by atoms with Crippen molar-refractivity contribution in [2.75, 3.05) is 6.54 Å². The van der Waals surface area contributed by atoms with Crippen LogP contribution >= 0.6 is 0 Å². The van der Waals surface area contributed by atoms with E-state index in [1.807, 2.05) is 0 Å². The van der Waals surface area contributed by atoms with Gasteiger partial charge in [-0.1, -0.05) is 43.5 Å². The first-order chi connectivity index (χ1) is 11.2. The molecule has 2 aliphatic rings. The molecule has 1 saturated carbocycles. The number of nitrogens with one attached hydrogen (secondary N) is 1. The van der Waals surface area contributed by atoms with Crippen molar-refractivity contribution < 1.29 is 14.0 Å². The van der Waals surface area contributed by atoms with Crippen molar-refractivity contribution in [3.8, 4) is 0 Å². The second kappa shape index (κ2) is 6.94. The van der Waals surface area contributed by atoms with Crippen LogP contribution in [-0.4, -0.2) is 35.3 Å². The Morgan fingerprint density at radius 3 is 2.61 bits per heavy atom. The van der Waals surface area contributed by atoms with E-state index in [0.717, 1.165) is 25.7 Å². The number of benzene rings is 1. The van der Waals surface area contributed by atoms with E-state index < -0.39 is 17.8 Å². The summed E-state index contributed by atoms with van der Waals surface area (Å²) >= 11 is 0. The number of carbonyl (C=O) groups excluding carboxylic acids is 2. The van der Waals surface area contributed by atoms with Crippen molar-refractivity contribution in [2.45, 2.75) is 44.2 Å². The molecule has 0 spiro atoms. The fourth-order valence-electron chi connectivity index (χ4n) is 3.28. The second-order valence-corrected chi connectivity index (χ2v) is 6.15. The zero-order chi connectivity index (χ0) is 16.2.